The summed E-state index contributed by atoms with van der Waals surface area (Å²) in [5.74, 6) is -0.780. The highest BCUT2D eigenvalue weighted by molar-refractivity contribution is 5.85. The van der Waals surface area contributed by atoms with E-state index in [9.17, 15) is 9.18 Å². The molecular weight excluding hydrogens is 283 g/mol. The molecule has 112 valence electrons. The minimum Gasteiger partial charge on any atom is -0.496 e. The highest BCUT2D eigenvalue weighted by atomic mass is 19.1. The lowest BCUT2D eigenvalue weighted by Crippen LogP contribution is -1.94. The molecule has 0 unspecified atom stereocenters. The molecule has 4 heteroatoms. The molecule has 2 rings (SSSR count). The van der Waals surface area contributed by atoms with Crippen molar-refractivity contribution in [1.82, 2.24) is 0 Å². The van der Waals surface area contributed by atoms with E-state index in [4.69, 9.17) is 9.84 Å². The Morgan fingerprint density at radius 1 is 1.18 bits per heavy atom. The predicted molar refractivity (Wildman–Crippen MR) is 83.2 cm³/mol. The smallest absolute Gasteiger partial charge is 0.328 e. The summed E-state index contributed by atoms with van der Waals surface area (Å²) in [4.78, 5) is 10.6. The first-order valence-corrected chi connectivity index (χ1v) is 6.62. The van der Waals surface area contributed by atoms with E-state index in [0.29, 0.717) is 16.9 Å². The van der Waals surface area contributed by atoms with Gasteiger partial charge in [-0.3, -0.25) is 0 Å². The third-order valence-electron chi connectivity index (χ3n) is 3.03. The van der Waals surface area contributed by atoms with Crippen LogP contribution in [-0.4, -0.2) is 18.2 Å². The number of halogens is 1. The second-order valence-corrected chi connectivity index (χ2v) is 4.49. The molecule has 0 amide bonds. The van der Waals surface area contributed by atoms with Gasteiger partial charge >= 0.3 is 5.97 Å². The van der Waals surface area contributed by atoms with Gasteiger partial charge in [0, 0.05) is 11.6 Å². The second kappa shape index (κ2) is 7.22. The number of hydrogen-bond donors (Lipinski definition) is 1. The average Bonchev–Trinajstić information content (AvgIpc) is 2.51. The molecule has 0 aliphatic rings. The van der Waals surface area contributed by atoms with Crippen molar-refractivity contribution in [2.45, 2.75) is 0 Å². The summed E-state index contributed by atoms with van der Waals surface area (Å²) in [6.45, 7) is 0. The van der Waals surface area contributed by atoms with Gasteiger partial charge < -0.3 is 9.84 Å². The number of carboxylic acid groups (broad SMARTS) is 1. The van der Waals surface area contributed by atoms with Crippen LogP contribution in [0.4, 0.5) is 4.39 Å². The van der Waals surface area contributed by atoms with E-state index in [-0.39, 0.29) is 5.82 Å². The molecule has 0 radical (unpaired) electrons. The van der Waals surface area contributed by atoms with Crippen LogP contribution in [0.1, 0.15) is 11.1 Å². The fraction of sp³-hybridized carbons (Fsp3) is 0.0556. The van der Waals surface area contributed by atoms with Crippen LogP contribution in [0.3, 0.4) is 0 Å². The number of rotatable bonds is 5. The third kappa shape index (κ3) is 3.82. The summed E-state index contributed by atoms with van der Waals surface area (Å²) in [6.07, 6.45) is 4.06. The molecule has 0 aliphatic heterocycles. The number of methoxy groups -OCH3 is 1. The van der Waals surface area contributed by atoms with Crippen molar-refractivity contribution in [3.8, 4) is 5.75 Å². The minimum atomic E-state index is -1.05. The van der Waals surface area contributed by atoms with Gasteiger partial charge in [0.25, 0.3) is 0 Å². The quantitative estimate of drug-likeness (QED) is 0.672. The first-order valence-electron chi connectivity index (χ1n) is 6.62. The van der Waals surface area contributed by atoms with Gasteiger partial charge in [-0.2, -0.15) is 0 Å². The van der Waals surface area contributed by atoms with Crippen molar-refractivity contribution in [3.05, 3.63) is 83.7 Å². The molecule has 1 N–H and O–H groups in total. The highest BCUT2D eigenvalue weighted by Gasteiger charge is 2.10. The zero-order valence-electron chi connectivity index (χ0n) is 12.0. The molecule has 0 fully saturated rings. The zero-order valence-corrected chi connectivity index (χ0v) is 12.0. The predicted octanol–water partition coefficient (Wildman–Crippen LogP) is 3.91. The van der Waals surface area contributed by atoms with Gasteiger partial charge in [-0.25, -0.2) is 9.18 Å². The van der Waals surface area contributed by atoms with E-state index in [1.54, 1.807) is 31.4 Å². The maximum Gasteiger partial charge on any atom is 0.328 e. The standard InChI is InChI=1S/C18H15FO3/c1-22-17-10-3-2-8-16(17)15(9-5-11-18(20)21)13-6-4-7-14(19)12-13/h2-12H,1H3,(H,20,21). The Balaban J connectivity index is 2.57. The van der Waals surface area contributed by atoms with Crippen LogP contribution < -0.4 is 4.74 Å². The van der Waals surface area contributed by atoms with Crippen LogP contribution in [0.15, 0.2) is 66.8 Å². The molecule has 2 aromatic rings. The van der Waals surface area contributed by atoms with Crippen LogP contribution >= 0.6 is 0 Å². The topological polar surface area (TPSA) is 46.5 Å². The Bertz CT molecular complexity index is 733. The Morgan fingerprint density at radius 2 is 1.95 bits per heavy atom. The molecule has 0 saturated carbocycles. The van der Waals surface area contributed by atoms with Crippen LogP contribution in [0.25, 0.3) is 5.57 Å². The fourth-order valence-corrected chi connectivity index (χ4v) is 2.09. The number of hydrogen-bond acceptors (Lipinski definition) is 2. The van der Waals surface area contributed by atoms with Crippen molar-refractivity contribution in [2.24, 2.45) is 0 Å². The van der Waals surface area contributed by atoms with Gasteiger partial charge in [-0.1, -0.05) is 42.5 Å². The molecule has 0 saturated heterocycles. The maximum atomic E-state index is 13.5. The molecule has 3 nitrogen and oxygen atoms in total. The van der Waals surface area contributed by atoms with E-state index in [1.165, 1.54) is 18.2 Å². The summed E-state index contributed by atoms with van der Waals surface area (Å²) in [5, 5.41) is 8.71. The van der Waals surface area contributed by atoms with E-state index in [0.717, 1.165) is 11.6 Å². The number of para-hydroxylation sites is 1. The monoisotopic (exact) mass is 298 g/mol. The average molecular weight is 298 g/mol. The van der Waals surface area contributed by atoms with Crippen LogP contribution in [0.5, 0.6) is 5.75 Å². The van der Waals surface area contributed by atoms with E-state index in [1.807, 2.05) is 18.2 Å². The van der Waals surface area contributed by atoms with E-state index >= 15 is 0 Å². The number of benzene rings is 2. The van der Waals surface area contributed by atoms with Crippen LogP contribution in [0.2, 0.25) is 0 Å². The molecule has 0 aliphatic carbocycles. The van der Waals surface area contributed by atoms with Crippen molar-refractivity contribution in [1.29, 1.82) is 0 Å². The van der Waals surface area contributed by atoms with Crippen molar-refractivity contribution >= 4 is 11.5 Å². The fourth-order valence-electron chi connectivity index (χ4n) is 2.09. The summed E-state index contributed by atoms with van der Waals surface area (Å²) in [6, 6.07) is 13.4. The van der Waals surface area contributed by atoms with Gasteiger partial charge in [-0.15, -0.1) is 0 Å². The van der Waals surface area contributed by atoms with Crippen molar-refractivity contribution in [3.63, 3.8) is 0 Å². The van der Waals surface area contributed by atoms with Gasteiger partial charge in [0.05, 0.1) is 7.11 Å². The summed E-state index contributed by atoms with van der Waals surface area (Å²) >= 11 is 0. The molecule has 2 aromatic carbocycles. The molecular formula is C18H15FO3. The lowest BCUT2D eigenvalue weighted by atomic mass is 9.96. The molecule has 22 heavy (non-hydrogen) atoms. The number of carbonyl (C=O) groups is 1. The molecule has 0 aromatic heterocycles. The Kier molecular flexibility index (Phi) is 5.09. The normalized spacial score (nSPS) is 11.6. The molecule has 0 bridgehead atoms. The Morgan fingerprint density at radius 3 is 2.64 bits per heavy atom. The summed E-state index contributed by atoms with van der Waals surface area (Å²) in [5.41, 5.74) is 2.07. The molecule has 0 atom stereocenters. The first kappa shape index (κ1) is 15.5. The van der Waals surface area contributed by atoms with Gasteiger partial charge in [0.2, 0.25) is 0 Å². The highest BCUT2D eigenvalue weighted by Crippen LogP contribution is 2.31. The minimum absolute atomic E-state index is 0.361. The largest absolute Gasteiger partial charge is 0.496 e. The van der Waals surface area contributed by atoms with Crippen LogP contribution in [-0.2, 0) is 4.79 Å². The number of allylic oxidation sites excluding steroid dienone is 2. The number of aliphatic carboxylic acids is 1. The summed E-state index contributed by atoms with van der Waals surface area (Å²) in [7, 11) is 1.55. The van der Waals surface area contributed by atoms with Crippen molar-refractivity contribution < 1.29 is 19.0 Å². The Hall–Kier alpha value is -2.88. The first-order chi connectivity index (χ1) is 10.6. The third-order valence-corrected chi connectivity index (χ3v) is 3.03. The van der Waals surface area contributed by atoms with Gasteiger partial charge in [-0.05, 0) is 29.3 Å². The van der Waals surface area contributed by atoms with Gasteiger partial charge in [0.15, 0.2) is 0 Å². The van der Waals surface area contributed by atoms with Crippen LogP contribution in [0, 0.1) is 5.82 Å². The number of ether oxygens (including phenoxy) is 1. The van der Waals surface area contributed by atoms with Gasteiger partial charge in [0.1, 0.15) is 11.6 Å². The SMILES string of the molecule is COc1ccccc1C(=CC=CC(=O)O)c1cccc(F)c1. The Labute approximate surface area is 128 Å². The lowest BCUT2D eigenvalue weighted by molar-refractivity contribution is -0.131. The summed E-state index contributed by atoms with van der Waals surface area (Å²) < 4.78 is 18.8. The lowest BCUT2D eigenvalue weighted by Gasteiger charge is -2.12. The van der Waals surface area contributed by atoms with Crippen molar-refractivity contribution in [2.75, 3.05) is 7.11 Å². The zero-order chi connectivity index (χ0) is 15.9. The second-order valence-electron chi connectivity index (χ2n) is 4.49. The molecule has 0 spiro atoms. The van der Waals surface area contributed by atoms with E-state index < -0.39 is 5.97 Å². The van der Waals surface area contributed by atoms with E-state index in [2.05, 4.69) is 0 Å². The number of carboxylic acids is 1. The molecule has 0 heterocycles. The maximum absolute atomic E-state index is 13.5.